The highest BCUT2D eigenvalue weighted by Gasteiger charge is 2.95. The maximum absolute atomic E-state index is 15.2. The van der Waals surface area contributed by atoms with Gasteiger partial charge in [0.15, 0.2) is 52.4 Å². The molecule has 0 aliphatic carbocycles. The van der Waals surface area contributed by atoms with Crippen LogP contribution >= 0.6 is 0 Å². The summed E-state index contributed by atoms with van der Waals surface area (Å²) < 4.78 is 366. The summed E-state index contributed by atoms with van der Waals surface area (Å²) in [5, 5.41) is -16.5. The van der Waals surface area contributed by atoms with Gasteiger partial charge in [-0.1, -0.05) is 0 Å². The summed E-state index contributed by atoms with van der Waals surface area (Å²) in [6.07, 6.45) is -8.11. The average Bonchev–Trinajstić information content (AvgIpc) is 2.96. The molecule has 0 spiro atoms. The van der Waals surface area contributed by atoms with E-state index >= 15 is 13.2 Å². The molecule has 4 aromatic carbocycles. The van der Waals surface area contributed by atoms with Crippen molar-refractivity contribution in [1.29, 1.82) is 0 Å². The van der Waals surface area contributed by atoms with Gasteiger partial charge in [0.25, 0.3) is 0 Å². The average molecular weight is 782 g/mol. The van der Waals surface area contributed by atoms with Crippen LogP contribution in [0.2, 0.25) is 0 Å². The fraction of sp³-hybridized carbons (Fsp3) is 0.333. The van der Waals surface area contributed by atoms with Crippen LogP contribution in [0.5, 0.6) is 0 Å². The van der Waals surface area contributed by atoms with Gasteiger partial charge < -0.3 is 0 Å². The molecule has 4 rings (SSSR count). The first-order chi connectivity index (χ1) is 22.1. The Bertz CT molecular complexity index is 2040. The third kappa shape index (κ3) is 4.11. The Balaban J connectivity index is 2.19. The highest BCUT2D eigenvalue weighted by Crippen LogP contribution is 2.66. The van der Waals surface area contributed by atoms with Crippen molar-refractivity contribution in [3.63, 3.8) is 0 Å². The van der Waals surface area contributed by atoms with Gasteiger partial charge in [0.1, 0.15) is 0 Å². The molecule has 4 aromatic rings. The van der Waals surface area contributed by atoms with Crippen LogP contribution in [0, 0.1) is 52.4 Å². The van der Waals surface area contributed by atoms with E-state index < -0.39 is 138 Å². The van der Waals surface area contributed by atoms with E-state index in [0.29, 0.717) is 0 Å². The van der Waals surface area contributed by atoms with Crippen LogP contribution < -0.4 is 0 Å². The lowest BCUT2D eigenvalue weighted by molar-refractivity contribution is -0.462. The van der Waals surface area contributed by atoms with E-state index in [1.165, 1.54) is 0 Å². The lowest BCUT2D eigenvalue weighted by Gasteiger charge is -2.43. The number of benzene rings is 4. The van der Waals surface area contributed by atoms with Gasteiger partial charge >= 0.3 is 47.6 Å². The minimum atomic E-state index is -9.28. The molecule has 0 aliphatic rings. The Morgan fingerprint density at radius 1 is 0.220 bits per heavy atom. The summed E-state index contributed by atoms with van der Waals surface area (Å²) in [7, 11) is 0. The second kappa shape index (κ2) is 10.3. The fourth-order valence-corrected chi connectivity index (χ4v) is 4.74. The standard InChI is InChI=1S/C24F26/c25-8-3-1-2-5(9(8)26)13(30)16(33)14(31)6(2)11(28)10(27)4(1)12(29)15(32)7(3)17(34,35)18(36,37)19(38,39)20(40,41)21(42,43)22(44,45)23(46,47)24(48,49)50. The van der Waals surface area contributed by atoms with Gasteiger partial charge in [-0.05, 0) is 0 Å². The van der Waals surface area contributed by atoms with Crippen molar-refractivity contribution in [2.75, 3.05) is 0 Å². The highest BCUT2D eigenvalue weighted by atomic mass is 19.4. The summed E-state index contributed by atoms with van der Waals surface area (Å²) in [6, 6.07) is 0. The Kier molecular flexibility index (Phi) is 8.04. The Labute approximate surface area is 253 Å². The van der Waals surface area contributed by atoms with E-state index in [0.717, 1.165) is 0 Å². The lowest BCUT2D eigenvalue weighted by Crippen LogP contribution is -2.74. The smallest absolute Gasteiger partial charge is 0.203 e. The fourth-order valence-electron chi connectivity index (χ4n) is 4.74. The number of hydrogen-bond acceptors (Lipinski definition) is 0. The predicted octanol–water partition coefficient (Wildman–Crippen LogP) is 11.3. The minimum Gasteiger partial charge on any atom is -0.203 e. The largest absolute Gasteiger partial charge is 0.460 e. The van der Waals surface area contributed by atoms with Crippen molar-refractivity contribution in [3.05, 3.63) is 57.9 Å². The third-order valence-corrected chi connectivity index (χ3v) is 7.26. The van der Waals surface area contributed by atoms with Crippen LogP contribution in [0.4, 0.5) is 114 Å². The van der Waals surface area contributed by atoms with Gasteiger partial charge in [-0.2, -0.15) is 74.6 Å². The first-order valence-corrected chi connectivity index (χ1v) is 11.7. The van der Waals surface area contributed by atoms with Crippen LogP contribution in [0.3, 0.4) is 0 Å². The molecule has 0 fully saturated rings. The molecule has 26 heteroatoms. The molecule has 0 heterocycles. The molecule has 0 N–H and O–H groups in total. The summed E-state index contributed by atoms with van der Waals surface area (Å²) in [6.45, 7) is 0. The number of halogens is 26. The van der Waals surface area contributed by atoms with Crippen molar-refractivity contribution >= 4 is 32.3 Å². The molecule has 0 saturated carbocycles. The Morgan fingerprint density at radius 3 is 0.800 bits per heavy atom. The van der Waals surface area contributed by atoms with Gasteiger partial charge in [0.05, 0.1) is 21.7 Å². The second-order valence-corrected chi connectivity index (χ2v) is 9.97. The van der Waals surface area contributed by atoms with Crippen molar-refractivity contribution in [3.8, 4) is 0 Å². The van der Waals surface area contributed by atoms with Crippen LogP contribution in [0.25, 0.3) is 32.3 Å². The summed E-state index contributed by atoms with van der Waals surface area (Å²) in [5.41, 5.74) is -4.38. The molecular weight excluding hydrogens is 782 g/mol. The van der Waals surface area contributed by atoms with E-state index in [1.807, 2.05) is 0 Å². The topological polar surface area (TPSA) is 0 Å². The monoisotopic (exact) mass is 782 g/mol. The molecule has 0 aliphatic heterocycles. The maximum atomic E-state index is 15.2. The SMILES string of the molecule is Fc1c(F)c2c(F)c(F)c3c(F)c(F)c(C(F)(F)C(F)(F)C(F)(F)C(F)(F)C(F)(F)C(F)(F)C(F)(F)C(F)(F)F)c4c(F)c(F)c(c1F)c2c34. The Hall–Kier alpha value is -3.90. The summed E-state index contributed by atoms with van der Waals surface area (Å²) in [5.74, 6) is -92.7. The molecule has 0 nitrogen and oxygen atoms in total. The number of rotatable bonds is 7. The van der Waals surface area contributed by atoms with Gasteiger partial charge in [0, 0.05) is 16.2 Å². The van der Waals surface area contributed by atoms with Crippen LogP contribution in [0.1, 0.15) is 5.56 Å². The second-order valence-electron chi connectivity index (χ2n) is 9.97. The van der Waals surface area contributed by atoms with Gasteiger partial charge in [-0.3, -0.25) is 0 Å². The lowest BCUT2D eigenvalue weighted by atomic mass is 9.83. The molecule has 278 valence electrons. The predicted molar refractivity (Wildman–Crippen MR) is 109 cm³/mol. The van der Waals surface area contributed by atoms with Crippen molar-refractivity contribution in [2.45, 2.75) is 47.6 Å². The van der Waals surface area contributed by atoms with E-state index in [-0.39, 0.29) is 0 Å². The van der Waals surface area contributed by atoms with E-state index in [2.05, 4.69) is 0 Å². The molecule has 50 heavy (non-hydrogen) atoms. The van der Waals surface area contributed by atoms with E-state index in [9.17, 15) is 101 Å². The highest BCUT2D eigenvalue weighted by molar-refractivity contribution is 6.24. The molecular formula is C24F26. The normalized spacial score (nSPS) is 15.0. The van der Waals surface area contributed by atoms with E-state index in [1.54, 1.807) is 0 Å². The van der Waals surface area contributed by atoms with Gasteiger partial charge in [0.2, 0.25) is 0 Å². The molecule has 0 bridgehead atoms. The zero-order chi connectivity index (χ0) is 39.2. The third-order valence-electron chi connectivity index (χ3n) is 7.26. The molecule has 0 radical (unpaired) electrons. The van der Waals surface area contributed by atoms with Crippen molar-refractivity contribution < 1.29 is 114 Å². The summed E-state index contributed by atoms with van der Waals surface area (Å²) in [4.78, 5) is 0. The first kappa shape index (κ1) is 38.9. The maximum Gasteiger partial charge on any atom is 0.460 e. The Morgan fingerprint density at radius 2 is 0.460 bits per heavy atom. The van der Waals surface area contributed by atoms with Crippen LogP contribution in [-0.4, -0.2) is 41.7 Å². The van der Waals surface area contributed by atoms with Gasteiger partial charge in [-0.15, -0.1) is 0 Å². The molecule has 0 aromatic heterocycles. The van der Waals surface area contributed by atoms with E-state index in [4.69, 9.17) is 0 Å². The number of alkyl halides is 17. The van der Waals surface area contributed by atoms with Crippen LogP contribution in [0.15, 0.2) is 0 Å². The first-order valence-electron chi connectivity index (χ1n) is 11.7. The van der Waals surface area contributed by atoms with Crippen molar-refractivity contribution in [1.82, 2.24) is 0 Å². The molecule has 0 saturated heterocycles. The molecule has 0 unspecified atom stereocenters. The zero-order valence-electron chi connectivity index (χ0n) is 21.8. The van der Waals surface area contributed by atoms with Crippen LogP contribution in [-0.2, 0) is 5.92 Å². The molecule has 0 atom stereocenters. The molecule has 0 amide bonds. The minimum absolute atomic E-state index is 2.44. The zero-order valence-corrected chi connectivity index (χ0v) is 21.8. The number of hydrogen-bond donors (Lipinski definition) is 0. The van der Waals surface area contributed by atoms with Crippen molar-refractivity contribution in [2.24, 2.45) is 0 Å². The summed E-state index contributed by atoms with van der Waals surface area (Å²) >= 11 is 0. The van der Waals surface area contributed by atoms with Gasteiger partial charge in [-0.25, -0.2) is 39.5 Å². The quantitative estimate of drug-likeness (QED) is 0.0995.